The number of benzene rings is 1. The van der Waals surface area contributed by atoms with Crippen molar-refractivity contribution in [1.82, 2.24) is 20.4 Å². The molecule has 0 atom stereocenters. The SMILES string of the molecule is CCNC(=NCc1ccc(C#N)cc1F)NCCCn1nc(C)cc1C. The lowest BCUT2D eigenvalue weighted by Crippen LogP contribution is -2.38. The Hall–Kier alpha value is -2.88. The first kappa shape index (κ1) is 19.4. The van der Waals surface area contributed by atoms with E-state index in [1.807, 2.05) is 31.5 Å². The highest BCUT2D eigenvalue weighted by Gasteiger charge is 2.05. The van der Waals surface area contributed by atoms with E-state index >= 15 is 0 Å². The van der Waals surface area contributed by atoms with Crippen molar-refractivity contribution in [1.29, 1.82) is 5.26 Å². The Kier molecular flexibility index (Phi) is 7.15. The minimum Gasteiger partial charge on any atom is -0.357 e. The molecule has 0 saturated heterocycles. The van der Waals surface area contributed by atoms with Crippen molar-refractivity contribution >= 4 is 5.96 Å². The summed E-state index contributed by atoms with van der Waals surface area (Å²) in [5.41, 5.74) is 2.95. The first-order valence-electron chi connectivity index (χ1n) is 8.75. The Balaban J connectivity index is 1.88. The molecule has 6 nitrogen and oxygen atoms in total. The van der Waals surface area contributed by atoms with Crippen LogP contribution in [0.5, 0.6) is 0 Å². The van der Waals surface area contributed by atoms with Gasteiger partial charge in [0.25, 0.3) is 0 Å². The van der Waals surface area contributed by atoms with Gasteiger partial charge in [0.2, 0.25) is 0 Å². The van der Waals surface area contributed by atoms with Gasteiger partial charge in [0.15, 0.2) is 5.96 Å². The second-order valence-electron chi connectivity index (χ2n) is 6.04. The Morgan fingerprint density at radius 1 is 1.31 bits per heavy atom. The van der Waals surface area contributed by atoms with Crippen LogP contribution in [0.25, 0.3) is 0 Å². The summed E-state index contributed by atoms with van der Waals surface area (Å²) in [5, 5.41) is 19.6. The summed E-state index contributed by atoms with van der Waals surface area (Å²) in [4.78, 5) is 4.42. The fourth-order valence-corrected chi connectivity index (χ4v) is 2.59. The van der Waals surface area contributed by atoms with E-state index in [-0.39, 0.29) is 6.54 Å². The maximum Gasteiger partial charge on any atom is 0.191 e. The summed E-state index contributed by atoms with van der Waals surface area (Å²) >= 11 is 0. The molecule has 0 aliphatic rings. The Bertz CT molecular complexity index is 803. The molecule has 0 bridgehead atoms. The molecule has 2 aromatic rings. The number of guanidine groups is 1. The first-order valence-corrected chi connectivity index (χ1v) is 8.75. The van der Waals surface area contributed by atoms with Crippen LogP contribution in [0.1, 0.15) is 35.9 Å². The molecule has 1 aromatic carbocycles. The Morgan fingerprint density at radius 2 is 2.12 bits per heavy atom. The number of halogens is 1. The highest BCUT2D eigenvalue weighted by atomic mass is 19.1. The van der Waals surface area contributed by atoms with Crippen molar-refractivity contribution in [2.75, 3.05) is 13.1 Å². The highest BCUT2D eigenvalue weighted by molar-refractivity contribution is 5.79. The van der Waals surface area contributed by atoms with Gasteiger partial charge in [0.1, 0.15) is 5.82 Å². The quantitative estimate of drug-likeness (QED) is 0.454. The van der Waals surface area contributed by atoms with Crippen LogP contribution in [0.4, 0.5) is 4.39 Å². The largest absolute Gasteiger partial charge is 0.357 e. The van der Waals surface area contributed by atoms with Gasteiger partial charge in [0.05, 0.1) is 23.9 Å². The first-order chi connectivity index (χ1) is 12.5. The van der Waals surface area contributed by atoms with Gasteiger partial charge < -0.3 is 10.6 Å². The average molecular weight is 356 g/mol. The topological polar surface area (TPSA) is 78.0 Å². The van der Waals surface area contributed by atoms with E-state index in [2.05, 4.69) is 26.8 Å². The van der Waals surface area contributed by atoms with Crippen molar-refractivity contribution in [3.8, 4) is 6.07 Å². The summed E-state index contributed by atoms with van der Waals surface area (Å²) in [6, 6.07) is 8.42. The zero-order chi connectivity index (χ0) is 18.9. The number of aromatic nitrogens is 2. The molecule has 2 N–H and O–H groups in total. The van der Waals surface area contributed by atoms with Crippen LogP contribution in [0.2, 0.25) is 0 Å². The number of nitrogens with one attached hydrogen (secondary N) is 2. The number of aryl methyl sites for hydroxylation is 3. The van der Waals surface area contributed by atoms with Gasteiger partial charge in [-0.25, -0.2) is 9.38 Å². The van der Waals surface area contributed by atoms with E-state index in [4.69, 9.17) is 5.26 Å². The number of rotatable bonds is 7. The molecule has 0 saturated carbocycles. The number of nitriles is 1. The second-order valence-corrected chi connectivity index (χ2v) is 6.04. The zero-order valence-electron chi connectivity index (χ0n) is 15.5. The fourth-order valence-electron chi connectivity index (χ4n) is 2.59. The van der Waals surface area contributed by atoms with E-state index < -0.39 is 5.82 Å². The summed E-state index contributed by atoms with van der Waals surface area (Å²) in [6.07, 6.45) is 0.900. The van der Waals surface area contributed by atoms with Gasteiger partial charge in [-0.3, -0.25) is 4.68 Å². The van der Waals surface area contributed by atoms with E-state index in [9.17, 15) is 4.39 Å². The monoisotopic (exact) mass is 356 g/mol. The third kappa shape index (κ3) is 5.59. The molecule has 1 aromatic heterocycles. The third-order valence-electron chi connectivity index (χ3n) is 3.88. The minimum atomic E-state index is -0.409. The van der Waals surface area contributed by atoms with Crippen LogP contribution in [0.15, 0.2) is 29.3 Å². The minimum absolute atomic E-state index is 0.213. The molecule has 0 fully saturated rings. The molecule has 26 heavy (non-hydrogen) atoms. The number of hydrogen-bond donors (Lipinski definition) is 2. The van der Waals surface area contributed by atoms with Crippen molar-refractivity contribution in [3.05, 3.63) is 52.6 Å². The number of aliphatic imine (C=N–C) groups is 1. The fraction of sp³-hybridized carbons (Fsp3) is 0.421. The maximum atomic E-state index is 13.9. The lowest BCUT2D eigenvalue weighted by atomic mass is 10.1. The summed E-state index contributed by atoms with van der Waals surface area (Å²) < 4.78 is 15.9. The third-order valence-corrected chi connectivity index (χ3v) is 3.88. The highest BCUT2D eigenvalue weighted by Crippen LogP contribution is 2.11. The van der Waals surface area contributed by atoms with Crippen LogP contribution in [-0.4, -0.2) is 28.8 Å². The van der Waals surface area contributed by atoms with Crippen LogP contribution in [0, 0.1) is 31.0 Å². The molecule has 0 aliphatic carbocycles. The molecule has 0 amide bonds. The predicted octanol–water partition coefficient (Wildman–Crippen LogP) is 2.66. The molecule has 0 radical (unpaired) electrons. The van der Waals surface area contributed by atoms with Crippen LogP contribution in [0.3, 0.4) is 0 Å². The maximum absolute atomic E-state index is 13.9. The zero-order valence-corrected chi connectivity index (χ0v) is 15.5. The van der Waals surface area contributed by atoms with E-state index in [0.29, 0.717) is 17.1 Å². The summed E-state index contributed by atoms with van der Waals surface area (Å²) in [7, 11) is 0. The second kappa shape index (κ2) is 9.56. The van der Waals surface area contributed by atoms with E-state index in [1.165, 1.54) is 6.07 Å². The molecule has 2 rings (SSSR count). The average Bonchev–Trinajstić information content (AvgIpc) is 2.94. The standard InChI is InChI=1S/C19H25FN6/c1-4-22-19(23-8-5-9-26-15(3)10-14(2)25-26)24-13-17-7-6-16(12-21)11-18(17)20/h6-7,10-11H,4-5,8-9,13H2,1-3H3,(H2,22,23,24). The molecule has 0 aliphatic heterocycles. The molecular formula is C19H25FN6. The van der Waals surface area contributed by atoms with Crippen LogP contribution in [-0.2, 0) is 13.1 Å². The number of nitrogens with zero attached hydrogens (tertiary/aromatic N) is 4. The van der Waals surface area contributed by atoms with Gasteiger partial charge >= 0.3 is 0 Å². The Labute approximate surface area is 153 Å². The van der Waals surface area contributed by atoms with Crippen molar-refractivity contribution < 1.29 is 4.39 Å². The normalized spacial score (nSPS) is 11.3. The smallest absolute Gasteiger partial charge is 0.191 e. The van der Waals surface area contributed by atoms with Gasteiger partial charge in [0, 0.05) is 30.9 Å². The Morgan fingerprint density at radius 3 is 2.73 bits per heavy atom. The lowest BCUT2D eigenvalue weighted by Gasteiger charge is -2.12. The van der Waals surface area contributed by atoms with Crippen LogP contribution < -0.4 is 10.6 Å². The predicted molar refractivity (Wildman–Crippen MR) is 100 cm³/mol. The molecule has 0 spiro atoms. The lowest BCUT2D eigenvalue weighted by molar-refractivity contribution is 0.555. The number of hydrogen-bond acceptors (Lipinski definition) is 3. The van der Waals surface area contributed by atoms with Gasteiger partial charge in [-0.05, 0) is 45.4 Å². The van der Waals surface area contributed by atoms with Crippen LogP contribution >= 0.6 is 0 Å². The molecule has 7 heteroatoms. The molecule has 138 valence electrons. The van der Waals surface area contributed by atoms with Crippen molar-refractivity contribution in [2.24, 2.45) is 4.99 Å². The van der Waals surface area contributed by atoms with Gasteiger partial charge in [-0.15, -0.1) is 0 Å². The molecule has 0 unspecified atom stereocenters. The van der Waals surface area contributed by atoms with Crippen molar-refractivity contribution in [3.63, 3.8) is 0 Å². The van der Waals surface area contributed by atoms with Crippen molar-refractivity contribution in [2.45, 2.75) is 40.3 Å². The van der Waals surface area contributed by atoms with E-state index in [1.54, 1.807) is 12.1 Å². The van der Waals surface area contributed by atoms with Gasteiger partial charge in [-0.2, -0.15) is 10.4 Å². The van der Waals surface area contributed by atoms with E-state index in [0.717, 1.165) is 37.4 Å². The summed E-state index contributed by atoms with van der Waals surface area (Å²) in [6.45, 7) is 8.51. The molecular weight excluding hydrogens is 331 g/mol. The summed E-state index contributed by atoms with van der Waals surface area (Å²) in [5.74, 6) is 0.234. The van der Waals surface area contributed by atoms with Gasteiger partial charge in [-0.1, -0.05) is 6.07 Å². The molecule has 1 heterocycles.